The molecule has 0 saturated carbocycles. The summed E-state index contributed by atoms with van der Waals surface area (Å²) in [5.41, 5.74) is 1.91. The molecule has 4 heterocycles. The fraction of sp³-hybridized carbons (Fsp3) is 0.455. The van der Waals surface area contributed by atoms with Crippen LogP contribution < -0.4 is 10.6 Å². The molecular formula is C22H26F2N6. The van der Waals surface area contributed by atoms with Crippen LogP contribution in [0.15, 0.2) is 30.7 Å². The number of nitrogens with zero attached hydrogens (tertiary/aromatic N) is 4. The van der Waals surface area contributed by atoms with Gasteiger partial charge in [-0.15, -0.1) is 0 Å². The van der Waals surface area contributed by atoms with Gasteiger partial charge >= 0.3 is 0 Å². The van der Waals surface area contributed by atoms with Crippen molar-refractivity contribution in [2.24, 2.45) is 0 Å². The Balaban J connectivity index is 1.39. The largest absolute Gasteiger partial charge is 0.363 e. The number of fused-ring (bicyclic) bond motifs is 1. The van der Waals surface area contributed by atoms with E-state index >= 15 is 0 Å². The maximum atomic E-state index is 14.5. The number of nitrogens with one attached hydrogen (secondary N) is 2. The monoisotopic (exact) mass is 412 g/mol. The van der Waals surface area contributed by atoms with Crippen LogP contribution in [0.2, 0.25) is 0 Å². The predicted molar refractivity (Wildman–Crippen MR) is 113 cm³/mol. The number of piperidine rings is 1. The second-order valence-electron chi connectivity index (χ2n) is 8.30. The van der Waals surface area contributed by atoms with Crippen LogP contribution in [0.25, 0.3) is 16.9 Å². The van der Waals surface area contributed by atoms with Crippen molar-refractivity contribution in [2.75, 3.05) is 31.5 Å². The molecule has 0 unspecified atom stereocenters. The van der Waals surface area contributed by atoms with Crippen molar-refractivity contribution >= 4 is 11.5 Å². The van der Waals surface area contributed by atoms with Crippen molar-refractivity contribution in [3.05, 3.63) is 47.9 Å². The first-order valence-corrected chi connectivity index (χ1v) is 10.6. The molecule has 2 N–H and O–H groups in total. The van der Waals surface area contributed by atoms with Crippen molar-refractivity contribution in [2.45, 2.75) is 38.3 Å². The lowest BCUT2D eigenvalue weighted by Gasteiger charge is -2.31. The van der Waals surface area contributed by atoms with E-state index in [1.165, 1.54) is 18.9 Å². The van der Waals surface area contributed by atoms with E-state index in [0.717, 1.165) is 38.7 Å². The number of halogens is 2. The number of hydrogen-bond donors (Lipinski definition) is 2. The van der Waals surface area contributed by atoms with E-state index in [2.05, 4.69) is 25.5 Å². The van der Waals surface area contributed by atoms with Crippen LogP contribution in [-0.4, -0.2) is 57.5 Å². The fourth-order valence-corrected chi connectivity index (χ4v) is 4.68. The van der Waals surface area contributed by atoms with E-state index < -0.39 is 11.6 Å². The van der Waals surface area contributed by atoms with Gasteiger partial charge in [0, 0.05) is 49.2 Å². The second kappa shape index (κ2) is 7.92. The summed E-state index contributed by atoms with van der Waals surface area (Å²) in [6.45, 7) is 5.89. The minimum absolute atomic E-state index is 0.309. The molecule has 0 aliphatic carbocycles. The van der Waals surface area contributed by atoms with Crippen LogP contribution in [0.1, 0.15) is 24.8 Å². The number of likely N-dealkylation sites (tertiary alicyclic amines) is 1. The summed E-state index contributed by atoms with van der Waals surface area (Å²) in [5.74, 6) is -0.465. The maximum absolute atomic E-state index is 14.5. The van der Waals surface area contributed by atoms with Crippen LogP contribution >= 0.6 is 0 Å². The number of imidazole rings is 1. The van der Waals surface area contributed by atoms with Crippen LogP contribution in [-0.2, 0) is 0 Å². The van der Waals surface area contributed by atoms with E-state index in [4.69, 9.17) is 0 Å². The molecule has 3 aromatic rings. The Bertz CT molecular complexity index is 1060. The highest BCUT2D eigenvalue weighted by Gasteiger charge is 2.29. The molecule has 2 aliphatic heterocycles. The Kier molecular flexibility index (Phi) is 5.12. The van der Waals surface area contributed by atoms with Crippen LogP contribution in [0.3, 0.4) is 0 Å². The quantitative estimate of drug-likeness (QED) is 0.689. The number of rotatable bonds is 4. The zero-order chi connectivity index (χ0) is 20.7. The Labute approximate surface area is 174 Å². The maximum Gasteiger partial charge on any atom is 0.180 e. The zero-order valence-electron chi connectivity index (χ0n) is 17.0. The molecule has 2 aliphatic rings. The molecule has 2 saturated heterocycles. The van der Waals surface area contributed by atoms with Gasteiger partial charge in [0.1, 0.15) is 11.6 Å². The summed E-state index contributed by atoms with van der Waals surface area (Å²) < 4.78 is 30.0. The van der Waals surface area contributed by atoms with Gasteiger partial charge in [0.25, 0.3) is 0 Å². The number of benzene rings is 1. The molecule has 6 nitrogen and oxygen atoms in total. The average molecular weight is 412 g/mol. The first-order valence-electron chi connectivity index (χ1n) is 10.6. The van der Waals surface area contributed by atoms with Crippen LogP contribution in [0.4, 0.5) is 14.6 Å². The zero-order valence-corrected chi connectivity index (χ0v) is 17.0. The Morgan fingerprint density at radius 3 is 2.77 bits per heavy atom. The third kappa shape index (κ3) is 3.54. The normalized spacial score (nSPS) is 20.8. The third-order valence-electron chi connectivity index (χ3n) is 6.34. The molecule has 8 heteroatoms. The predicted octanol–water partition coefficient (Wildman–Crippen LogP) is 3.22. The minimum atomic E-state index is -0.607. The lowest BCUT2D eigenvalue weighted by atomic mass is 10.1. The van der Waals surface area contributed by atoms with E-state index in [1.807, 2.05) is 4.40 Å². The summed E-state index contributed by atoms with van der Waals surface area (Å²) >= 11 is 0. The Hall–Kier alpha value is -2.58. The van der Waals surface area contributed by atoms with E-state index in [1.54, 1.807) is 25.5 Å². The molecule has 5 rings (SSSR count). The summed E-state index contributed by atoms with van der Waals surface area (Å²) in [4.78, 5) is 11.6. The smallest absolute Gasteiger partial charge is 0.180 e. The van der Waals surface area contributed by atoms with Gasteiger partial charge in [-0.3, -0.25) is 9.30 Å². The molecule has 1 atom stereocenters. The van der Waals surface area contributed by atoms with Crippen molar-refractivity contribution in [1.82, 2.24) is 24.6 Å². The highest BCUT2D eigenvalue weighted by molar-refractivity contribution is 5.71. The molecule has 2 aromatic heterocycles. The van der Waals surface area contributed by atoms with Crippen LogP contribution in [0.5, 0.6) is 0 Å². The van der Waals surface area contributed by atoms with E-state index in [0.29, 0.717) is 40.4 Å². The Morgan fingerprint density at radius 1 is 1.10 bits per heavy atom. The molecule has 0 bridgehead atoms. The number of hydrogen-bond acceptors (Lipinski definition) is 5. The highest BCUT2D eigenvalue weighted by Crippen LogP contribution is 2.29. The van der Waals surface area contributed by atoms with Crippen molar-refractivity contribution in [3.8, 4) is 11.3 Å². The van der Waals surface area contributed by atoms with Gasteiger partial charge < -0.3 is 10.6 Å². The molecule has 0 radical (unpaired) electrons. The Morgan fingerprint density at radius 2 is 1.93 bits per heavy atom. The number of aryl methyl sites for hydroxylation is 1. The average Bonchev–Trinajstić information content (AvgIpc) is 3.42. The van der Waals surface area contributed by atoms with E-state index in [9.17, 15) is 8.78 Å². The van der Waals surface area contributed by atoms with Gasteiger partial charge in [-0.1, -0.05) is 0 Å². The SMILES string of the molecule is Cc1cc(-c2cnc(N[C@H]3CCN(C4CCNCC4)C3)c3nccn23)c(F)cc1F. The minimum Gasteiger partial charge on any atom is -0.363 e. The van der Waals surface area contributed by atoms with Crippen LogP contribution in [0, 0.1) is 18.6 Å². The topological polar surface area (TPSA) is 57.5 Å². The van der Waals surface area contributed by atoms with Crippen molar-refractivity contribution in [1.29, 1.82) is 0 Å². The standard InChI is InChI=1S/C22H26F2N6/c1-14-10-17(19(24)11-18(14)23)20-12-27-21(22-26-7-9-30(20)22)28-15-4-8-29(13-15)16-2-5-25-6-3-16/h7,9-12,15-16,25H,2-6,8,13H2,1H3,(H,27,28)/t15-/m0/s1. The van der Waals surface area contributed by atoms with Gasteiger partial charge in [0.2, 0.25) is 0 Å². The first-order chi connectivity index (χ1) is 14.6. The summed E-state index contributed by atoms with van der Waals surface area (Å²) in [7, 11) is 0. The highest BCUT2D eigenvalue weighted by atomic mass is 19.1. The molecule has 0 spiro atoms. The molecule has 158 valence electrons. The number of aromatic nitrogens is 3. The van der Waals surface area contributed by atoms with Gasteiger partial charge in [-0.05, 0) is 50.9 Å². The second-order valence-corrected chi connectivity index (χ2v) is 8.30. The molecule has 0 amide bonds. The lowest BCUT2D eigenvalue weighted by Crippen LogP contribution is -2.42. The molecule has 30 heavy (non-hydrogen) atoms. The molecule has 2 fully saturated rings. The summed E-state index contributed by atoms with van der Waals surface area (Å²) in [6.07, 6.45) is 8.56. The van der Waals surface area contributed by atoms with Crippen molar-refractivity contribution < 1.29 is 8.78 Å². The van der Waals surface area contributed by atoms with Crippen molar-refractivity contribution in [3.63, 3.8) is 0 Å². The first kappa shape index (κ1) is 19.4. The third-order valence-corrected chi connectivity index (χ3v) is 6.34. The van der Waals surface area contributed by atoms with Gasteiger partial charge in [0.05, 0.1) is 11.9 Å². The molecule has 1 aromatic carbocycles. The summed E-state index contributed by atoms with van der Waals surface area (Å²) in [6, 6.07) is 3.41. The van der Waals surface area contributed by atoms with Gasteiger partial charge in [0.15, 0.2) is 11.5 Å². The summed E-state index contributed by atoms with van der Waals surface area (Å²) in [5, 5.41) is 6.97. The van der Waals surface area contributed by atoms with E-state index in [-0.39, 0.29) is 0 Å². The van der Waals surface area contributed by atoms with Gasteiger partial charge in [-0.2, -0.15) is 0 Å². The number of anilines is 1. The molecular weight excluding hydrogens is 386 g/mol. The lowest BCUT2D eigenvalue weighted by molar-refractivity contribution is 0.197. The fourth-order valence-electron chi connectivity index (χ4n) is 4.68. The van der Waals surface area contributed by atoms with Gasteiger partial charge in [-0.25, -0.2) is 18.7 Å².